The predicted molar refractivity (Wildman–Crippen MR) is 88.7 cm³/mol. The molecule has 0 bridgehead atoms. The first-order valence-corrected chi connectivity index (χ1v) is 7.73. The first-order valence-electron chi connectivity index (χ1n) is 7.73. The van der Waals surface area contributed by atoms with Crippen LogP contribution >= 0.6 is 0 Å². The topological polar surface area (TPSA) is 79.9 Å². The van der Waals surface area contributed by atoms with Crippen LogP contribution in [0, 0.1) is 12.3 Å². The quantitative estimate of drug-likeness (QED) is 0.686. The third kappa shape index (κ3) is 5.82. The molecule has 1 aromatic rings. The van der Waals surface area contributed by atoms with Crippen LogP contribution in [0.15, 0.2) is 24.3 Å². The molecule has 1 aliphatic rings. The van der Waals surface area contributed by atoms with E-state index in [2.05, 4.69) is 16.6 Å². The molecule has 0 fully saturated rings. The van der Waals surface area contributed by atoms with Crippen LogP contribution in [-0.4, -0.2) is 62.7 Å². The Morgan fingerprint density at radius 1 is 1.00 bits per heavy atom. The smallest absolute Gasteiger partial charge is 0.257 e. The molecule has 1 heterocycles. The fourth-order valence-corrected chi connectivity index (χ4v) is 2.18. The summed E-state index contributed by atoms with van der Waals surface area (Å²) < 4.78 is 10.9. The van der Waals surface area contributed by atoms with Crippen LogP contribution in [0.25, 0.3) is 0 Å². The molecule has 0 saturated heterocycles. The molecule has 2 N–H and O–H groups in total. The van der Waals surface area contributed by atoms with E-state index in [1.807, 2.05) is 4.90 Å². The van der Waals surface area contributed by atoms with Crippen LogP contribution in [0.5, 0.6) is 11.5 Å². The molecule has 0 spiro atoms. The van der Waals surface area contributed by atoms with Crippen molar-refractivity contribution in [3.63, 3.8) is 0 Å². The predicted octanol–water partition coefficient (Wildman–Crippen LogP) is -0.375. The largest absolute Gasteiger partial charge is 0.480 e. The van der Waals surface area contributed by atoms with E-state index in [0.29, 0.717) is 44.2 Å². The van der Waals surface area contributed by atoms with Crippen LogP contribution in [-0.2, 0) is 9.59 Å². The lowest BCUT2D eigenvalue weighted by Gasteiger charge is -2.20. The maximum Gasteiger partial charge on any atom is 0.257 e. The van der Waals surface area contributed by atoms with Gasteiger partial charge in [0.25, 0.3) is 11.8 Å². The van der Waals surface area contributed by atoms with E-state index in [4.69, 9.17) is 15.9 Å². The van der Waals surface area contributed by atoms with Crippen molar-refractivity contribution >= 4 is 11.8 Å². The van der Waals surface area contributed by atoms with E-state index in [-0.39, 0.29) is 25.0 Å². The highest BCUT2D eigenvalue weighted by Crippen LogP contribution is 2.26. The minimum Gasteiger partial charge on any atom is -0.480 e. The Morgan fingerprint density at radius 3 is 1.96 bits per heavy atom. The Labute approximate surface area is 141 Å². The molecule has 0 saturated carbocycles. The lowest BCUT2D eigenvalue weighted by molar-refractivity contribution is -0.124. The fraction of sp³-hybridized carbons (Fsp3) is 0.412. The number of hydrogen-bond donors (Lipinski definition) is 2. The zero-order valence-electron chi connectivity index (χ0n) is 13.4. The number of carbonyl (C=O) groups is 2. The van der Waals surface area contributed by atoms with Crippen molar-refractivity contribution in [3.8, 4) is 23.8 Å². The number of benzene rings is 1. The Balaban J connectivity index is 2.03. The monoisotopic (exact) mass is 331 g/mol. The van der Waals surface area contributed by atoms with Gasteiger partial charge in [-0.25, -0.2) is 0 Å². The molecule has 0 aromatic heterocycles. The Morgan fingerprint density at radius 2 is 1.50 bits per heavy atom. The van der Waals surface area contributed by atoms with Crippen LogP contribution in [0.1, 0.15) is 0 Å². The van der Waals surface area contributed by atoms with Gasteiger partial charge in [-0.15, -0.1) is 6.42 Å². The van der Waals surface area contributed by atoms with Gasteiger partial charge >= 0.3 is 0 Å². The molecule has 1 aromatic carbocycles. The molecule has 0 unspecified atom stereocenters. The van der Waals surface area contributed by atoms with E-state index >= 15 is 0 Å². The molecule has 24 heavy (non-hydrogen) atoms. The maximum atomic E-state index is 11.8. The number of nitrogens with one attached hydrogen (secondary N) is 2. The molecular weight excluding hydrogens is 310 g/mol. The molecule has 2 rings (SSSR count). The second kappa shape index (κ2) is 9.43. The second-order valence-corrected chi connectivity index (χ2v) is 5.20. The number of amides is 2. The third-order valence-electron chi connectivity index (χ3n) is 3.38. The van der Waals surface area contributed by atoms with Crippen molar-refractivity contribution in [2.24, 2.45) is 0 Å². The van der Waals surface area contributed by atoms with Gasteiger partial charge in [-0.05, 0) is 12.1 Å². The summed E-state index contributed by atoms with van der Waals surface area (Å²) in [5.74, 6) is 2.95. The minimum atomic E-state index is -0.227. The number of nitrogens with zero attached hydrogens (tertiary/aromatic N) is 1. The summed E-state index contributed by atoms with van der Waals surface area (Å²) >= 11 is 0. The SMILES string of the molecule is C#CCN1CCNC(=O)COc2ccccc2OCC(=O)NCC1. The average molecular weight is 331 g/mol. The van der Waals surface area contributed by atoms with Gasteiger partial charge < -0.3 is 20.1 Å². The van der Waals surface area contributed by atoms with Gasteiger partial charge in [0.05, 0.1) is 6.54 Å². The first kappa shape index (κ1) is 17.6. The van der Waals surface area contributed by atoms with Gasteiger partial charge in [-0.2, -0.15) is 0 Å². The zero-order valence-corrected chi connectivity index (χ0v) is 13.4. The van der Waals surface area contributed by atoms with E-state index in [0.717, 1.165) is 0 Å². The minimum absolute atomic E-state index is 0.123. The molecule has 0 radical (unpaired) electrons. The van der Waals surface area contributed by atoms with E-state index in [1.54, 1.807) is 24.3 Å². The first-order chi connectivity index (χ1) is 11.7. The molecule has 0 atom stereocenters. The van der Waals surface area contributed by atoms with Crippen LogP contribution in [0.4, 0.5) is 0 Å². The number of fused-ring (bicyclic) bond motifs is 1. The number of terminal acetylenes is 1. The fourth-order valence-electron chi connectivity index (χ4n) is 2.18. The molecule has 7 heteroatoms. The summed E-state index contributed by atoms with van der Waals surface area (Å²) in [7, 11) is 0. The maximum absolute atomic E-state index is 11.8. The van der Waals surface area contributed by atoms with Gasteiger partial charge in [-0.3, -0.25) is 14.5 Å². The molecule has 128 valence electrons. The Bertz CT molecular complexity index is 567. The van der Waals surface area contributed by atoms with Crippen molar-refractivity contribution in [2.45, 2.75) is 0 Å². The van der Waals surface area contributed by atoms with Crippen molar-refractivity contribution in [1.82, 2.24) is 15.5 Å². The van der Waals surface area contributed by atoms with Gasteiger partial charge in [0.1, 0.15) is 0 Å². The highest BCUT2D eigenvalue weighted by atomic mass is 16.5. The number of rotatable bonds is 1. The molecule has 0 aliphatic carbocycles. The third-order valence-corrected chi connectivity index (χ3v) is 3.38. The van der Waals surface area contributed by atoms with Crippen molar-refractivity contribution < 1.29 is 19.1 Å². The summed E-state index contributed by atoms with van der Waals surface area (Å²) in [4.78, 5) is 25.7. The van der Waals surface area contributed by atoms with Crippen LogP contribution in [0.3, 0.4) is 0 Å². The lowest BCUT2D eigenvalue weighted by atomic mass is 10.3. The molecule has 7 nitrogen and oxygen atoms in total. The zero-order chi connectivity index (χ0) is 17.2. The number of ether oxygens (including phenoxy) is 2. The Hall–Kier alpha value is -2.72. The standard InChI is InChI=1S/C17H21N3O4/c1-2-9-20-10-7-18-16(21)12-23-14-5-3-4-6-15(14)24-13-17(22)19-8-11-20/h1,3-6H,7-13H2,(H,18,21)(H,19,22). The van der Waals surface area contributed by atoms with Crippen molar-refractivity contribution in [1.29, 1.82) is 0 Å². The summed E-state index contributed by atoms with van der Waals surface area (Å²) in [5.41, 5.74) is 0. The number of hydrogen-bond acceptors (Lipinski definition) is 5. The highest BCUT2D eigenvalue weighted by Gasteiger charge is 2.11. The van der Waals surface area contributed by atoms with E-state index in [9.17, 15) is 9.59 Å². The average Bonchev–Trinajstić information content (AvgIpc) is 2.58. The number of para-hydroxylation sites is 2. The van der Waals surface area contributed by atoms with Gasteiger partial charge in [0, 0.05) is 26.2 Å². The normalized spacial score (nSPS) is 17.6. The second-order valence-electron chi connectivity index (χ2n) is 5.20. The lowest BCUT2D eigenvalue weighted by Crippen LogP contribution is -2.41. The van der Waals surface area contributed by atoms with E-state index in [1.165, 1.54) is 0 Å². The van der Waals surface area contributed by atoms with Crippen molar-refractivity contribution in [2.75, 3.05) is 45.9 Å². The summed E-state index contributed by atoms with van der Waals surface area (Å²) in [5, 5.41) is 5.56. The van der Waals surface area contributed by atoms with Gasteiger partial charge in [0.15, 0.2) is 24.7 Å². The van der Waals surface area contributed by atoms with E-state index < -0.39 is 0 Å². The van der Waals surface area contributed by atoms with Crippen LogP contribution in [0.2, 0.25) is 0 Å². The molecular formula is C17H21N3O4. The molecule has 2 amide bonds. The summed E-state index contributed by atoms with van der Waals surface area (Å²) in [6, 6.07) is 6.92. The number of carbonyl (C=O) groups excluding carboxylic acids is 2. The van der Waals surface area contributed by atoms with Crippen molar-refractivity contribution in [3.05, 3.63) is 24.3 Å². The molecule has 1 aliphatic heterocycles. The summed E-state index contributed by atoms with van der Waals surface area (Å²) in [6.07, 6.45) is 5.34. The Kier molecular flexibility index (Phi) is 6.92. The van der Waals surface area contributed by atoms with Crippen LogP contribution < -0.4 is 20.1 Å². The highest BCUT2D eigenvalue weighted by molar-refractivity contribution is 5.78. The van der Waals surface area contributed by atoms with Gasteiger partial charge in [0.2, 0.25) is 0 Å². The summed E-state index contributed by atoms with van der Waals surface area (Å²) in [6.45, 7) is 2.30. The van der Waals surface area contributed by atoms with Gasteiger partial charge in [-0.1, -0.05) is 18.1 Å².